The molecule has 10 heavy (non-hydrogen) atoms. The van der Waals surface area contributed by atoms with Gasteiger partial charge in [0.05, 0.1) is 19.9 Å². The van der Waals surface area contributed by atoms with Crippen LogP contribution in [0.25, 0.3) is 0 Å². The molecule has 0 aromatic rings. The highest BCUT2D eigenvalue weighted by molar-refractivity contribution is 6.78. The molecule has 1 rings (SSSR count). The second-order valence-corrected chi connectivity index (χ2v) is 9.93. The van der Waals surface area contributed by atoms with Crippen LogP contribution in [-0.2, 0) is 4.74 Å². The van der Waals surface area contributed by atoms with Gasteiger partial charge in [-0.25, -0.2) is 0 Å². The molecule has 2 atom stereocenters. The summed E-state index contributed by atoms with van der Waals surface area (Å²) in [5.74, 6) is 0.719. The molecule has 2 heteroatoms. The highest BCUT2D eigenvalue weighted by atomic mass is 28.3. The van der Waals surface area contributed by atoms with Gasteiger partial charge < -0.3 is 4.74 Å². The summed E-state index contributed by atoms with van der Waals surface area (Å²) in [7, 11) is -0.972. The summed E-state index contributed by atoms with van der Waals surface area (Å²) in [6.07, 6.45) is 0.590. The maximum absolute atomic E-state index is 5.60. The largest absolute Gasteiger partial charge is 0.373 e. The third-order valence-corrected chi connectivity index (χ3v) is 4.21. The fourth-order valence-electron chi connectivity index (χ4n) is 1.33. The number of rotatable bonds is 2. The van der Waals surface area contributed by atoms with E-state index in [9.17, 15) is 0 Å². The van der Waals surface area contributed by atoms with Crippen molar-refractivity contribution in [3.63, 3.8) is 0 Å². The molecule has 0 amide bonds. The molecule has 0 aliphatic carbocycles. The van der Waals surface area contributed by atoms with Gasteiger partial charge in [0.25, 0.3) is 0 Å². The van der Waals surface area contributed by atoms with E-state index in [1.54, 1.807) is 0 Å². The molecule has 0 radical (unpaired) electrons. The van der Waals surface area contributed by atoms with E-state index in [1.165, 1.54) is 0 Å². The van der Waals surface area contributed by atoms with Crippen LogP contribution in [0, 0.1) is 5.92 Å². The zero-order chi connectivity index (χ0) is 7.94. The van der Waals surface area contributed by atoms with E-state index in [-0.39, 0.29) is 0 Å². The Balaban J connectivity index is 2.39. The number of hydrogen-bond acceptors (Lipinski definition) is 1. The minimum Gasteiger partial charge on any atom is -0.373 e. The number of hydrogen-bond donors (Lipinski definition) is 0. The molecule has 1 heterocycles. The van der Waals surface area contributed by atoms with E-state index in [4.69, 9.17) is 4.74 Å². The van der Waals surface area contributed by atoms with Gasteiger partial charge in [-0.15, -0.1) is 0 Å². The molecule has 0 spiro atoms. The van der Waals surface area contributed by atoms with Gasteiger partial charge in [0.15, 0.2) is 0 Å². The summed E-state index contributed by atoms with van der Waals surface area (Å²) in [4.78, 5) is 0. The van der Waals surface area contributed by atoms with Crippen molar-refractivity contribution in [2.75, 3.05) is 0 Å². The lowest BCUT2D eigenvalue weighted by atomic mass is 10.1. The SMILES string of the molecule is CC(C)[C@@H]1O[C@H]1[Si](C)(C)C. The van der Waals surface area contributed by atoms with Gasteiger partial charge in [-0.2, -0.15) is 0 Å². The first-order valence-electron chi connectivity index (χ1n) is 4.08. The minimum absolute atomic E-state index is 0.590. The Morgan fingerprint density at radius 3 is 1.80 bits per heavy atom. The smallest absolute Gasteiger partial charge is 0.0830 e. The van der Waals surface area contributed by atoms with Crippen molar-refractivity contribution < 1.29 is 4.74 Å². The topological polar surface area (TPSA) is 12.5 Å². The monoisotopic (exact) mass is 158 g/mol. The average molecular weight is 158 g/mol. The van der Waals surface area contributed by atoms with E-state index in [1.807, 2.05) is 0 Å². The Hall–Kier alpha value is 0.177. The fraction of sp³-hybridized carbons (Fsp3) is 1.00. The van der Waals surface area contributed by atoms with Gasteiger partial charge in [0.2, 0.25) is 0 Å². The van der Waals surface area contributed by atoms with Crippen LogP contribution in [-0.4, -0.2) is 19.9 Å². The van der Waals surface area contributed by atoms with Gasteiger partial charge >= 0.3 is 0 Å². The molecule has 1 aliphatic rings. The lowest BCUT2D eigenvalue weighted by molar-refractivity contribution is 0.348. The molecule has 0 saturated carbocycles. The summed E-state index contributed by atoms with van der Waals surface area (Å²) in [5, 5.41) is 0. The molecule has 0 N–H and O–H groups in total. The number of epoxide rings is 1. The van der Waals surface area contributed by atoms with Crippen molar-refractivity contribution in [2.45, 2.75) is 45.3 Å². The van der Waals surface area contributed by atoms with Gasteiger partial charge in [0, 0.05) is 0 Å². The van der Waals surface area contributed by atoms with Crippen molar-refractivity contribution in [3.05, 3.63) is 0 Å². The summed E-state index contributed by atoms with van der Waals surface area (Å²) in [6, 6.07) is 0. The molecule has 0 aromatic heterocycles. The van der Waals surface area contributed by atoms with Crippen LogP contribution >= 0.6 is 0 Å². The first-order valence-corrected chi connectivity index (χ1v) is 7.66. The number of ether oxygens (including phenoxy) is 1. The predicted octanol–water partition coefficient (Wildman–Crippen LogP) is 2.29. The third kappa shape index (κ3) is 1.61. The third-order valence-electron chi connectivity index (χ3n) is 2.04. The van der Waals surface area contributed by atoms with Crippen LogP contribution in [0.4, 0.5) is 0 Å². The van der Waals surface area contributed by atoms with E-state index in [0.29, 0.717) is 11.8 Å². The summed E-state index contributed by atoms with van der Waals surface area (Å²) >= 11 is 0. The second-order valence-electron chi connectivity index (χ2n) is 4.63. The normalized spacial score (nSPS) is 33.0. The first-order chi connectivity index (χ1) is 4.43. The van der Waals surface area contributed by atoms with Gasteiger partial charge in [-0.1, -0.05) is 33.5 Å². The molecule has 0 unspecified atom stereocenters. The lowest BCUT2D eigenvalue weighted by Crippen LogP contribution is -2.31. The Morgan fingerprint density at radius 2 is 1.70 bits per heavy atom. The van der Waals surface area contributed by atoms with Gasteiger partial charge in [0.1, 0.15) is 0 Å². The molecule has 1 saturated heterocycles. The van der Waals surface area contributed by atoms with Crippen molar-refractivity contribution in [2.24, 2.45) is 5.92 Å². The summed E-state index contributed by atoms with van der Waals surface area (Å²) in [5.41, 5.74) is 0.646. The van der Waals surface area contributed by atoms with Crippen molar-refractivity contribution >= 4 is 8.07 Å². The van der Waals surface area contributed by atoms with Crippen LogP contribution in [0.1, 0.15) is 13.8 Å². The first kappa shape index (κ1) is 8.28. The molecule has 60 valence electrons. The van der Waals surface area contributed by atoms with Crippen molar-refractivity contribution in [1.29, 1.82) is 0 Å². The summed E-state index contributed by atoms with van der Waals surface area (Å²) in [6.45, 7) is 11.6. The zero-order valence-electron chi connectivity index (χ0n) is 7.64. The molecule has 1 fully saturated rings. The average Bonchev–Trinajstić information content (AvgIpc) is 2.35. The van der Waals surface area contributed by atoms with Crippen LogP contribution in [0.3, 0.4) is 0 Å². The van der Waals surface area contributed by atoms with Crippen LogP contribution < -0.4 is 0 Å². The van der Waals surface area contributed by atoms with Crippen molar-refractivity contribution in [1.82, 2.24) is 0 Å². The Morgan fingerprint density at radius 1 is 1.20 bits per heavy atom. The highest BCUT2D eigenvalue weighted by Crippen LogP contribution is 2.35. The molecule has 1 nitrogen and oxygen atoms in total. The van der Waals surface area contributed by atoms with E-state index in [2.05, 4.69) is 33.5 Å². The van der Waals surface area contributed by atoms with E-state index >= 15 is 0 Å². The van der Waals surface area contributed by atoms with Gasteiger partial charge in [-0.3, -0.25) is 0 Å². The van der Waals surface area contributed by atoms with Gasteiger partial charge in [-0.05, 0) is 5.92 Å². The minimum atomic E-state index is -0.972. The van der Waals surface area contributed by atoms with Crippen LogP contribution in [0.2, 0.25) is 19.6 Å². The Labute approximate surface area is 64.8 Å². The fourth-order valence-corrected chi connectivity index (χ4v) is 3.26. The Bertz CT molecular complexity index is 126. The van der Waals surface area contributed by atoms with Crippen molar-refractivity contribution in [3.8, 4) is 0 Å². The molecule has 1 aliphatic heterocycles. The standard InChI is InChI=1S/C8H18OSi/c1-6(2)7-8(9-7)10(3,4)5/h6-8H,1-5H3/t7-,8-/m0/s1. The predicted molar refractivity (Wildman–Crippen MR) is 46.8 cm³/mol. The maximum atomic E-state index is 5.60. The molecule has 0 bridgehead atoms. The van der Waals surface area contributed by atoms with E-state index < -0.39 is 8.07 Å². The van der Waals surface area contributed by atoms with Crippen LogP contribution in [0.5, 0.6) is 0 Å². The maximum Gasteiger partial charge on any atom is 0.0830 e. The molecular weight excluding hydrogens is 140 g/mol. The van der Waals surface area contributed by atoms with Crippen LogP contribution in [0.15, 0.2) is 0 Å². The second kappa shape index (κ2) is 2.34. The van der Waals surface area contributed by atoms with E-state index in [0.717, 1.165) is 5.92 Å². The molecule has 0 aromatic carbocycles. The highest BCUT2D eigenvalue weighted by Gasteiger charge is 2.49. The quantitative estimate of drug-likeness (QED) is 0.444. The zero-order valence-corrected chi connectivity index (χ0v) is 8.64. The lowest BCUT2D eigenvalue weighted by Gasteiger charge is -2.11. The summed E-state index contributed by atoms with van der Waals surface area (Å²) < 4.78 is 5.60. The molecular formula is C8H18OSi. The Kier molecular flexibility index (Phi) is 1.94.